The second-order valence-corrected chi connectivity index (χ2v) is 17.4. The molecule has 16 nitrogen and oxygen atoms in total. The third-order valence-electron chi connectivity index (χ3n) is 12.2. The van der Waals surface area contributed by atoms with Gasteiger partial charge in [0.15, 0.2) is 18.7 Å². The Labute approximate surface area is 351 Å². The Balaban J connectivity index is 1.58. The number of halogens is 1. The number of nitrogen functional groups attached to an aromatic ring is 1. The molecule has 0 unspecified atom stereocenters. The Morgan fingerprint density at radius 3 is 2.43 bits per heavy atom. The predicted molar refractivity (Wildman–Crippen MR) is 221 cm³/mol. The van der Waals surface area contributed by atoms with Gasteiger partial charge in [0.2, 0.25) is 0 Å². The molecule has 2 bridgehead atoms. The zero-order chi connectivity index (χ0) is 44.3. The fourth-order valence-electron chi connectivity index (χ4n) is 8.69. The van der Waals surface area contributed by atoms with E-state index in [1.807, 2.05) is 45.0 Å². The molecule has 0 aromatic carbocycles. The van der Waals surface area contributed by atoms with E-state index in [9.17, 15) is 25.2 Å². The van der Waals surface area contributed by atoms with E-state index in [1.165, 1.54) is 13.8 Å². The molecule has 60 heavy (non-hydrogen) atoms. The highest BCUT2D eigenvalue weighted by atomic mass is 19.1. The number of nitrogens with two attached hydrogens (primary N) is 1. The number of aromatic nitrogens is 2. The third kappa shape index (κ3) is 10.2. The maximum atomic E-state index is 16.8. The van der Waals surface area contributed by atoms with Gasteiger partial charge >= 0.3 is 5.97 Å². The second-order valence-electron chi connectivity index (χ2n) is 17.4. The van der Waals surface area contributed by atoms with Crippen LogP contribution in [0.15, 0.2) is 41.7 Å². The fourth-order valence-corrected chi connectivity index (χ4v) is 8.69. The summed E-state index contributed by atoms with van der Waals surface area (Å²) < 4.78 is 48.4. The first-order valence-electron chi connectivity index (χ1n) is 20.6. The lowest BCUT2D eigenvalue weighted by Crippen LogP contribution is -2.61. The van der Waals surface area contributed by atoms with Gasteiger partial charge in [0.25, 0.3) is 5.67 Å². The molecule has 3 fully saturated rings. The molecule has 17 heteroatoms. The normalized spacial score (nSPS) is 38.2. The molecule has 2 aromatic heterocycles. The van der Waals surface area contributed by atoms with Crippen molar-refractivity contribution in [2.75, 3.05) is 33.0 Å². The number of rotatable bonds is 8. The van der Waals surface area contributed by atoms with Gasteiger partial charge in [0.1, 0.15) is 29.3 Å². The number of cyclic esters (lactones) is 1. The topological polar surface area (TPSA) is 221 Å². The average Bonchev–Trinajstić information content (AvgIpc) is 3.21. The summed E-state index contributed by atoms with van der Waals surface area (Å²) in [7, 11) is 3.64. The molecule has 3 aliphatic heterocycles. The zero-order valence-corrected chi connectivity index (χ0v) is 36.4. The summed E-state index contributed by atoms with van der Waals surface area (Å²) in [6.07, 6.45) is -4.56. The Kier molecular flexibility index (Phi) is 14.9. The van der Waals surface area contributed by atoms with E-state index in [2.05, 4.69) is 15.1 Å². The zero-order valence-electron chi connectivity index (χ0n) is 36.4. The van der Waals surface area contributed by atoms with E-state index in [1.54, 1.807) is 45.2 Å². The molecular formula is C43H63FN6O10. The lowest BCUT2D eigenvalue weighted by Gasteiger charge is -2.47. The quantitative estimate of drug-likeness (QED) is 0.166. The molecule has 13 atom stereocenters. The van der Waals surface area contributed by atoms with Crippen LogP contribution in [0.4, 0.5) is 10.2 Å². The summed E-state index contributed by atoms with van der Waals surface area (Å²) >= 11 is 0. The lowest BCUT2D eigenvalue weighted by molar-refractivity contribution is -0.296. The van der Waals surface area contributed by atoms with Crippen molar-refractivity contribution in [3.05, 3.63) is 42.2 Å². The summed E-state index contributed by atoms with van der Waals surface area (Å²) in [6, 6.07) is 8.53. The van der Waals surface area contributed by atoms with Gasteiger partial charge in [-0.25, -0.2) is 14.2 Å². The molecule has 2 aromatic rings. The van der Waals surface area contributed by atoms with Crippen molar-refractivity contribution in [1.29, 1.82) is 5.41 Å². The monoisotopic (exact) mass is 842 g/mol. The van der Waals surface area contributed by atoms with E-state index in [0.29, 0.717) is 23.6 Å². The summed E-state index contributed by atoms with van der Waals surface area (Å²) in [5, 5.41) is 37.6. The first-order chi connectivity index (χ1) is 28.1. The molecule has 5 rings (SSSR count). The maximum absolute atomic E-state index is 16.8. The molecule has 3 saturated heterocycles. The number of nitrogens with one attached hydrogen (secondary N) is 1. The number of oxime groups is 1. The van der Waals surface area contributed by atoms with Crippen LogP contribution in [0.5, 0.6) is 0 Å². The summed E-state index contributed by atoms with van der Waals surface area (Å²) in [4.78, 5) is 44.6. The predicted octanol–water partition coefficient (Wildman–Crippen LogP) is 4.29. The first-order valence-corrected chi connectivity index (χ1v) is 20.6. The number of ketones is 1. The summed E-state index contributed by atoms with van der Waals surface area (Å²) in [5.41, 5.74) is 1.49. The van der Waals surface area contributed by atoms with Gasteiger partial charge in [0, 0.05) is 35.3 Å². The van der Waals surface area contributed by atoms with Crippen LogP contribution in [-0.2, 0) is 44.7 Å². The number of aliphatic hydroxyl groups excluding tert-OH is 1. The number of aliphatic hydroxyl groups is 2. The minimum atomic E-state index is -3.20. The molecule has 0 radical (unpaired) electrons. The van der Waals surface area contributed by atoms with E-state index in [-0.39, 0.29) is 56.2 Å². The Bertz CT molecular complexity index is 1860. The van der Waals surface area contributed by atoms with Crippen molar-refractivity contribution in [3.63, 3.8) is 0 Å². The van der Waals surface area contributed by atoms with E-state index >= 15 is 4.39 Å². The Morgan fingerprint density at radius 1 is 1.08 bits per heavy atom. The van der Waals surface area contributed by atoms with Crippen LogP contribution in [-0.4, -0.2) is 135 Å². The number of hydrogen-bond acceptors (Lipinski definition) is 16. The molecule has 0 amide bonds. The van der Waals surface area contributed by atoms with Crippen LogP contribution in [0.1, 0.15) is 80.3 Å². The van der Waals surface area contributed by atoms with Crippen molar-refractivity contribution < 1.29 is 52.7 Å². The number of carbonyl (C=O) groups excluding carboxylic acids is 2. The SMILES string of the molecule is CC[C@H]1OC(=O)[C@@](C)(F)C(=O)[C@H](C)[C@@H](O[C@@H]2O[C@H](C)C[C@H](N(C)C)[C@H]2O)[C@@]2(C)C[C@@H](C)C(=N)[C@H](C)[C@H](OC/C(=N\OCc3ccc(-c4cccc(N)n4)cn3)CO2)[C@]1(C)O. The molecule has 0 saturated carbocycles. The number of ether oxygens (including phenoxy) is 5. The molecule has 0 spiro atoms. The molecule has 3 aliphatic rings. The Morgan fingerprint density at radius 2 is 1.80 bits per heavy atom. The smallest absolute Gasteiger partial charge is 0.351 e. The molecular weight excluding hydrogens is 780 g/mol. The summed E-state index contributed by atoms with van der Waals surface area (Å²) in [5.74, 6) is -5.05. The number of Topliss-reactive ketones (excluding diaryl/α,β-unsaturated/α-hetero) is 1. The highest BCUT2D eigenvalue weighted by Gasteiger charge is 2.56. The van der Waals surface area contributed by atoms with Crippen molar-refractivity contribution in [2.24, 2.45) is 22.9 Å². The number of pyridine rings is 2. The van der Waals surface area contributed by atoms with Crippen molar-refractivity contribution in [3.8, 4) is 11.3 Å². The number of nitrogens with zero attached hydrogens (tertiary/aromatic N) is 4. The van der Waals surface area contributed by atoms with E-state index < -0.39 is 77.1 Å². The van der Waals surface area contributed by atoms with E-state index in [0.717, 1.165) is 12.5 Å². The first kappa shape index (κ1) is 47.1. The number of fused-ring (bicyclic) bond motifs is 5. The maximum Gasteiger partial charge on any atom is 0.351 e. The number of alkyl halides is 1. The number of esters is 1. The largest absolute Gasteiger partial charge is 0.457 e. The van der Waals surface area contributed by atoms with Gasteiger partial charge in [0.05, 0.1) is 48.5 Å². The van der Waals surface area contributed by atoms with Crippen molar-refractivity contribution in [1.82, 2.24) is 14.9 Å². The van der Waals surface area contributed by atoms with Crippen LogP contribution < -0.4 is 5.73 Å². The number of likely N-dealkylation sites (N-methyl/N-ethyl adjacent to an activating group) is 1. The second kappa shape index (κ2) is 19.0. The number of carbonyl (C=O) groups is 2. The van der Waals surface area contributed by atoms with Gasteiger partial charge in [-0.2, -0.15) is 0 Å². The highest BCUT2D eigenvalue weighted by molar-refractivity contribution is 6.08. The summed E-state index contributed by atoms with van der Waals surface area (Å²) in [6.45, 7) is 11.8. The Hall–Kier alpha value is -3.97. The average molecular weight is 843 g/mol. The van der Waals surface area contributed by atoms with Crippen LogP contribution in [0.2, 0.25) is 0 Å². The van der Waals surface area contributed by atoms with Gasteiger partial charge in [-0.3, -0.25) is 9.78 Å². The molecule has 332 valence electrons. The van der Waals surface area contributed by atoms with Crippen LogP contribution in [0.3, 0.4) is 0 Å². The van der Waals surface area contributed by atoms with Gasteiger partial charge in [-0.15, -0.1) is 0 Å². The fraction of sp³-hybridized carbons (Fsp3) is 0.674. The number of hydrogen-bond donors (Lipinski definition) is 4. The standard InChI is InChI=1S/C43H63FN6O10/c1-11-32-43(8,54)38-25(4)34(46)23(2)18-41(6,56-21-29(20-55-38)49-57-22-28-16-15-27(19-47-28)30-13-12-14-33(45)48-30)37(26(5)36(52)42(7,44)40(53)59-32)60-39-35(51)31(50(9)10)17-24(3)58-39/h12-16,19,23-26,31-32,35,37-39,46,51,54H,11,17-18,20-22H2,1-10H3,(H2,45,48)/b46-34?,49-29+/t23-,24-,25+,26+,31+,32-,35-,37-,38+,39+,41-,42+,43-/m1/s1. The third-order valence-corrected chi connectivity index (χ3v) is 12.2. The van der Waals surface area contributed by atoms with Gasteiger partial charge < -0.3 is 54.8 Å². The minimum absolute atomic E-state index is 0.0205. The van der Waals surface area contributed by atoms with Crippen molar-refractivity contribution >= 4 is 29.0 Å². The molecule has 5 heterocycles. The number of anilines is 1. The lowest BCUT2D eigenvalue weighted by atomic mass is 9.73. The molecule has 0 aliphatic carbocycles. The minimum Gasteiger partial charge on any atom is -0.457 e. The highest BCUT2D eigenvalue weighted by Crippen LogP contribution is 2.40. The van der Waals surface area contributed by atoms with E-state index in [4.69, 9.17) is 34.3 Å². The van der Waals surface area contributed by atoms with Crippen LogP contribution >= 0.6 is 0 Å². The van der Waals surface area contributed by atoms with Gasteiger partial charge in [-0.05, 0) is 91.2 Å². The van der Waals surface area contributed by atoms with Gasteiger partial charge in [-0.1, -0.05) is 38.9 Å². The van der Waals surface area contributed by atoms with Crippen LogP contribution in [0.25, 0.3) is 11.3 Å². The molecule has 5 N–H and O–H groups in total. The van der Waals surface area contributed by atoms with Crippen LogP contribution in [0, 0.1) is 23.2 Å². The van der Waals surface area contributed by atoms with Crippen molar-refractivity contribution in [2.45, 2.75) is 141 Å².